The van der Waals surface area contributed by atoms with Gasteiger partial charge in [0.1, 0.15) is 10.7 Å². The van der Waals surface area contributed by atoms with Crippen LogP contribution in [0.5, 0.6) is 0 Å². The fourth-order valence-corrected chi connectivity index (χ4v) is 4.16. The molecule has 3 heterocycles. The number of thiophene rings is 1. The van der Waals surface area contributed by atoms with Crippen molar-refractivity contribution in [1.82, 2.24) is 9.55 Å². The van der Waals surface area contributed by atoms with Gasteiger partial charge in [0.2, 0.25) is 0 Å². The molecule has 2 aromatic heterocycles. The number of rotatable bonds is 0. The number of aryl methyl sites for hydroxylation is 1. The van der Waals surface area contributed by atoms with Crippen molar-refractivity contribution in [3.63, 3.8) is 0 Å². The van der Waals surface area contributed by atoms with E-state index in [0.29, 0.717) is 0 Å². The van der Waals surface area contributed by atoms with E-state index in [-0.39, 0.29) is 5.56 Å². The minimum Gasteiger partial charge on any atom is -0.296 e. The minimum absolute atomic E-state index is 0.157. The fraction of sp³-hybridized carbons (Fsp3) is 0.375. The van der Waals surface area contributed by atoms with Gasteiger partial charge in [-0.1, -0.05) is 31.0 Å². The van der Waals surface area contributed by atoms with Gasteiger partial charge in [0, 0.05) is 23.1 Å². The summed E-state index contributed by atoms with van der Waals surface area (Å²) >= 11 is 1.64. The predicted molar refractivity (Wildman–Crippen MR) is 83.6 cm³/mol. The summed E-state index contributed by atoms with van der Waals surface area (Å²) in [7, 11) is 0. The van der Waals surface area contributed by atoms with E-state index < -0.39 is 0 Å². The van der Waals surface area contributed by atoms with Crippen LogP contribution in [-0.4, -0.2) is 9.55 Å². The number of fused-ring (bicyclic) bond motifs is 4. The van der Waals surface area contributed by atoms with Gasteiger partial charge < -0.3 is 0 Å². The molecule has 4 rings (SSSR count). The summed E-state index contributed by atoms with van der Waals surface area (Å²) in [5, 5.41) is 1.87. The molecule has 0 fully saturated rings. The number of hydrogen-bond donors (Lipinski definition) is 0. The molecule has 0 amide bonds. The highest BCUT2D eigenvalue weighted by Crippen LogP contribution is 2.30. The van der Waals surface area contributed by atoms with Crippen LogP contribution >= 0.6 is 11.3 Å². The zero-order chi connectivity index (χ0) is 13.5. The third-order valence-electron chi connectivity index (χ3n) is 4.11. The summed E-state index contributed by atoms with van der Waals surface area (Å²) in [6, 6.07) is 8.12. The lowest BCUT2D eigenvalue weighted by Crippen LogP contribution is -2.26. The zero-order valence-corrected chi connectivity index (χ0v) is 12.1. The Hall–Kier alpha value is -1.68. The molecular formula is C16H16N2OS. The standard InChI is InChI=1S/C16H16N2OS/c19-16-14-11-7-4-5-8-12(11)20-15(14)17-13-9-3-1-2-6-10-18(13)16/h4-5,7-8H,1-3,6,9-10H2. The number of nitrogens with zero attached hydrogens (tertiary/aromatic N) is 2. The van der Waals surface area contributed by atoms with E-state index >= 15 is 0 Å². The summed E-state index contributed by atoms with van der Waals surface area (Å²) in [4.78, 5) is 18.5. The van der Waals surface area contributed by atoms with E-state index in [2.05, 4.69) is 6.07 Å². The first kappa shape index (κ1) is 12.1. The quantitative estimate of drug-likeness (QED) is 0.630. The second-order valence-corrected chi connectivity index (χ2v) is 6.46. The van der Waals surface area contributed by atoms with E-state index in [4.69, 9.17) is 4.98 Å². The molecule has 0 bridgehead atoms. The Morgan fingerprint density at radius 1 is 1.10 bits per heavy atom. The van der Waals surface area contributed by atoms with E-state index in [1.165, 1.54) is 12.8 Å². The van der Waals surface area contributed by atoms with Crippen molar-refractivity contribution < 1.29 is 0 Å². The maximum atomic E-state index is 12.8. The van der Waals surface area contributed by atoms with Gasteiger partial charge in [0.15, 0.2) is 0 Å². The van der Waals surface area contributed by atoms with Crippen molar-refractivity contribution in [2.75, 3.05) is 0 Å². The lowest BCUT2D eigenvalue weighted by Gasteiger charge is -2.15. The molecule has 0 spiro atoms. The smallest absolute Gasteiger partial charge is 0.262 e. The molecule has 20 heavy (non-hydrogen) atoms. The van der Waals surface area contributed by atoms with Crippen LogP contribution in [-0.2, 0) is 13.0 Å². The molecule has 1 aliphatic heterocycles. The van der Waals surface area contributed by atoms with Crippen molar-refractivity contribution in [3.05, 3.63) is 40.4 Å². The van der Waals surface area contributed by atoms with Gasteiger partial charge in [0.25, 0.3) is 5.56 Å². The highest BCUT2D eigenvalue weighted by Gasteiger charge is 2.16. The lowest BCUT2D eigenvalue weighted by molar-refractivity contribution is 0.500. The summed E-state index contributed by atoms with van der Waals surface area (Å²) in [6.07, 6.45) is 5.62. The molecule has 0 saturated carbocycles. The lowest BCUT2D eigenvalue weighted by atomic mass is 10.1. The first-order valence-electron chi connectivity index (χ1n) is 7.25. The molecule has 3 nitrogen and oxygen atoms in total. The Labute approximate surface area is 120 Å². The third kappa shape index (κ3) is 1.79. The normalized spacial score (nSPS) is 16.0. The van der Waals surface area contributed by atoms with Crippen LogP contribution in [0.3, 0.4) is 0 Å². The van der Waals surface area contributed by atoms with E-state index in [0.717, 1.165) is 51.9 Å². The van der Waals surface area contributed by atoms with Gasteiger partial charge in [-0.3, -0.25) is 9.36 Å². The Balaban J connectivity index is 2.08. The average Bonchev–Trinajstić information content (AvgIpc) is 2.79. The van der Waals surface area contributed by atoms with Gasteiger partial charge in [-0.05, 0) is 18.9 Å². The fourth-order valence-electron chi connectivity index (χ4n) is 3.08. The van der Waals surface area contributed by atoms with E-state index in [1.54, 1.807) is 11.3 Å². The summed E-state index contributed by atoms with van der Waals surface area (Å²) in [6.45, 7) is 0.821. The molecule has 102 valence electrons. The molecule has 0 radical (unpaired) electrons. The molecule has 4 heteroatoms. The molecule has 3 aromatic rings. The number of benzene rings is 1. The Morgan fingerprint density at radius 3 is 2.90 bits per heavy atom. The second kappa shape index (κ2) is 4.70. The first-order chi connectivity index (χ1) is 9.84. The highest BCUT2D eigenvalue weighted by atomic mass is 32.1. The molecule has 1 aliphatic rings. The number of aromatic nitrogens is 2. The van der Waals surface area contributed by atoms with Crippen molar-refractivity contribution in [3.8, 4) is 0 Å². The van der Waals surface area contributed by atoms with E-state index in [9.17, 15) is 4.79 Å². The van der Waals surface area contributed by atoms with Crippen molar-refractivity contribution >= 4 is 31.6 Å². The second-order valence-electron chi connectivity index (χ2n) is 5.43. The number of hydrogen-bond acceptors (Lipinski definition) is 3. The monoisotopic (exact) mass is 284 g/mol. The zero-order valence-electron chi connectivity index (χ0n) is 11.3. The van der Waals surface area contributed by atoms with E-state index in [1.807, 2.05) is 22.8 Å². The van der Waals surface area contributed by atoms with Gasteiger partial charge in [-0.25, -0.2) is 4.98 Å². The van der Waals surface area contributed by atoms with Crippen LogP contribution in [0.25, 0.3) is 20.3 Å². The van der Waals surface area contributed by atoms with Crippen molar-refractivity contribution in [2.45, 2.75) is 38.6 Å². The SMILES string of the molecule is O=c1c2c(nc3n1CCCCCC3)sc1ccccc12. The van der Waals surface area contributed by atoms with Gasteiger partial charge in [-0.15, -0.1) is 11.3 Å². The third-order valence-corrected chi connectivity index (χ3v) is 5.17. The van der Waals surface area contributed by atoms with Crippen molar-refractivity contribution in [2.24, 2.45) is 0 Å². The van der Waals surface area contributed by atoms with Gasteiger partial charge in [0.05, 0.1) is 5.39 Å². The van der Waals surface area contributed by atoms with Crippen LogP contribution in [0.4, 0.5) is 0 Å². The molecule has 0 unspecified atom stereocenters. The van der Waals surface area contributed by atoms with Crippen molar-refractivity contribution in [1.29, 1.82) is 0 Å². The largest absolute Gasteiger partial charge is 0.296 e. The van der Waals surface area contributed by atoms with Gasteiger partial charge in [-0.2, -0.15) is 0 Å². The first-order valence-corrected chi connectivity index (χ1v) is 8.07. The maximum absolute atomic E-state index is 12.8. The van der Waals surface area contributed by atoms with Crippen LogP contribution in [0.2, 0.25) is 0 Å². The highest BCUT2D eigenvalue weighted by molar-refractivity contribution is 7.25. The minimum atomic E-state index is 0.157. The van der Waals surface area contributed by atoms with Crippen LogP contribution < -0.4 is 5.56 Å². The summed E-state index contributed by atoms with van der Waals surface area (Å²) in [5.41, 5.74) is 0.157. The van der Waals surface area contributed by atoms with Crippen LogP contribution in [0, 0.1) is 0 Å². The Kier molecular flexibility index (Phi) is 2.84. The molecule has 0 saturated heterocycles. The average molecular weight is 284 g/mol. The van der Waals surface area contributed by atoms with Crippen LogP contribution in [0.1, 0.15) is 31.5 Å². The predicted octanol–water partition coefficient (Wildman–Crippen LogP) is 3.73. The molecule has 0 N–H and O–H groups in total. The molecule has 0 atom stereocenters. The summed E-state index contributed by atoms with van der Waals surface area (Å²) < 4.78 is 3.08. The maximum Gasteiger partial charge on any atom is 0.262 e. The molecule has 1 aromatic carbocycles. The Morgan fingerprint density at radius 2 is 1.95 bits per heavy atom. The topological polar surface area (TPSA) is 34.9 Å². The van der Waals surface area contributed by atoms with Gasteiger partial charge >= 0.3 is 0 Å². The molecule has 0 aliphatic carbocycles. The Bertz CT molecular complexity index is 847. The summed E-state index contributed by atoms with van der Waals surface area (Å²) in [5.74, 6) is 0.980. The van der Waals surface area contributed by atoms with Crippen LogP contribution in [0.15, 0.2) is 29.1 Å². The molecular weight excluding hydrogens is 268 g/mol.